The zero-order chi connectivity index (χ0) is 20.3. The number of halogens is 2. The van der Waals surface area contributed by atoms with Crippen molar-refractivity contribution in [3.05, 3.63) is 51.0 Å². The summed E-state index contributed by atoms with van der Waals surface area (Å²) in [6.45, 7) is 5.65. The van der Waals surface area contributed by atoms with Crippen LogP contribution in [-0.2, 0) is 9.59 Å². The summed E-state index contributed by atoms with van der Waals surface area (Å²) in [5, 5.41) is 6.19. The highest BCUT2D eigenvalue weighted by molar-refractivity contribution is 9.10. The van der Waals surface area contributed by atoms with E-state index in [2.05, 4.69) is 38.7 Å². The molecule has 2 aromatic carbocycles. The molecule has 0 aliphatic carbocycles. The van der Waals surface area contributed by atoms with E-state index in [0.717, 1.165) is 26.2 Å². The number of hydrogen-bond donors (Lipinski definition) is 2. The average molecular weight is 483 g/mol. The molecule has 0 bridgehead atoms. The number of anilines is 2. The van der Waals surface area contributed by atoms with Crippen molar-refractivity contribution in [3.63, 3.8) is 0 Å². The first-order chi connectivity index (χ1) is 13.3. The molecule has 1 heterocycles. The molecule has 0 spiro atoms. The van der Waals surface area contributed by atoms with Crippen LogP contribution in [0.1, 0.15) is 11.1 Å². The Kier molecular flexibility index (Phi) is 6.91. The molecule has 2 N–H and O–H groups in total. The molecule has 1 saturated heterocycles. The lowest BCUT2D eigenvalue weighted by Gasteiger charge is -2.29. The van der Waals surface area contributed by atoms with Gasteiger partial charge in [0, 0.05) is 28.1 Å². The van der Waals surface area contributed by atoms with Gasteiger partial charge in [0.1, 0.15) is 0 Å². The summed E-state index contributed by atoms with van der Waals surface area (Å²) in [7, 11) is 0. The number of amides is 2. The fourth-order valence-electron chi connectivity index (χ4n) is 2.94. The highest BCUT2D eigenvalue weighted by atomic mass is 79.9. The van der Waals surface area contributed by atoms with Crippen LogP contribution < -0.4 is 15.5 Å². The van der Waals surface area contributed by atoms with Crippen molar-refractivity contribution in [3.8, 4) is 0 Å². The van der Waals surface area contributed by atoms with Gasteiger partial charge in [0.05, 0.1) is 23.0 Å². The van der Waals surface area contributed by atoms with E-state index in [1.807, 2.05) is 30.9 Å². The summed E-state index contributed by atoms with van der Waals surface area (Å²) in [5.41, 5.74) is 3.71. The molecule has 0 saturated carbocycles. The lowest BCUT2D eigenvalue weighted by atomic mass is 10.2. The highest BCUT2D eigenvalue weighted by Crippen LogP contribution is 2.30. The Morgan fingerprint density at radius 3 is 2.79 bits per heavy atom. The molecule has 1 aliphatic rings. The number of nitrogens with one attached hydrogen (secondary N) is 2. The van der Waals surface area contributed by atoms with Crippen molar-refractivity contribution in [2.75, 3.05) is 35.6 Å². The lowest BCUT2D eigenvalue weighted by Crippen LogP contribution is -2.47. The molecule has 148 valence electrons. The van der Waals surface area contributed by atoms with Crippen molar-refractivity contribution in [2.45, 2.75) is 18.7 Å². The van der Waals surface area contributed by atoms with Crippen LogP contribution in [0.15, 0.2) is 39.7 Å². The Labute approximate surface area is 182 Å². The van der Waals surface area contributed by atoms with Crippen LogP contribution in [0.25, 0.3) is 0 Å². The molecule has 0 radical (unpaired) electrons. The van der Waals surface area contributed by atoms with Gasteiger partial charge in [-0.05, 0) is 55.3 Å². The first-order valence-corrected chi connectivity index (χ1v) is 11.0. The fraction of sp³-hybridized carbons (Fsp3) is 0.300. The van der Waals surface area contributed by atoms with Gasteiger partial charge in [-0.25, -0.2) is 0 Å². The van der Waals surface area contributed by atoms with E-state index in [0.29, 0.717) is 29.6 Å². The number of nitrogens with zero attached hydrogens (tertiary/aromatic N) is 1. The second kappa shape index (κ2) is 9.20. The number of aryl methyl sites for hydroxylation is 2. The van der Waals surface area contributed by atoms with E-state index >= 15 is 0 Å². The Morgan fingerprint density at radius 1 is 1.29 bits per heavy atom. The second-order valence-electron chi connectivity index (χ2n) is 6.64. The van der Waals surface area contributed by atoms with Crippen LogP contribution in [0.5, 0.6) is 0 Å². The minimum Gasteiger partial charge on any atom is -0.359 e. The predicted molar refractivity (Wildman–Crippen MR) is 120 cm³/mol. The summed E-state index contributed by atoms with van der Waals surface area (Å²) < 4.78 is 1.07. The van der Waals surface area contributed by atoms with Gasteiger partial charge < -0.3 is 15.5 Å². The van der Waals surface area contributed by atoms with Gasteiger partial charge in [0.25, 0.3) is 0 Å². The van der Waals surface area contributed by atoms with Gasteiger partial charge in [0.2, 0.25) is 11.8 Å². The third-order valence-electron chi connectivity index (χ3n) is 4.43. The second-order valence-corrected chi connectivity index (χ2v) is 8.92. The van der Waals surface area contributed by atoms with E-state index in [4.69, 9.17) is 11.6 Å². The first kappa shape index (κ1) is 21.0. The van der Waals surface area contributed by atoms with Gasteiger partial charge in [-0.15, -0.1) is 11.8 Å². The minimum absolute atomic E-state index is 0.0183. The molecule has 0 aromatic heterocycles. The zero-order valence-electron chi connectivity index (χ0n) is 15.6. The van der Waals surface area contributed by atoms with Crippen LogP contribution in [0.4, 0.5) is 11.4 Å². The monoisotopic (exact) mass is 481 g/mol. The van der Waals surface area contributed by atoms with Crippen LogP contribution in [0.3, 0.4) is 0 Å². The Morgan fingerprint density at radius 2 is 2.07 bits per heavy atom. The molecule has 2 aromatic rings. The summed E-state index contributed by atoms with van der Waals surface area (Å²) in [6, 6.07) is 9.52. The molecule has 3 rings (SSSR count). The highest BCUT2D eigenvalue weighted by Gasteiger charge is 2.19. The van der Waals surface area contributed by atoms with Gasteiger partial charge in [0.15, 0.2) is 0 Å². The van der Waals surface area contributed by atoms with Crippen molar-refractivity contribution < 1.29 is 9.59 Å². The molecule has 2 amide bonds. The average Bonchev–Trinajstić information content (AvgIpc) is 2.63. The normalized spacial score (nSPS) is 14.0. The molecule has 28 heavy (non-hydrogen) atoms. The molecule has 5 nitrogen and oxygen atoms in total. The van der Waals surface area contributed by atoms with Gasteiger partial charge in [-0.3, -0.25) is 9.59 Å². The molecular formula is C20H21BrClN3O2S. The third kappa shape index (κ3) is 5.21. The van der Waals surface area contributed by atoms with Crippen LogP contribution >= 0.6 is 39.3 Å². The summed E-state index contributed by atoms with van der Waals surface area (Å²) in [6.07, 6.45) is 0. The maximum atomic E-state index is 12.3. The number of carbonyl (C=O) groups excluding carboxylic acids is 2. The topological polar surface area (TPSA) is 61.4 Å². The van der Waals surface area contributed by atoms with E-state index in [-0.39, 0.29) is 18.4 Å². The summed E-state index contributed by atoms with van der Waals surface area (Å²) in [4.78, 5) is 26.9. The number of carbonyl (C=O) groups is 2. The largest absolute Gasteiger partial charge is 0.359 e. The number of piperazine rings is 1. The first-order valence-electron chi connectivity index (χ1n) is 8.84. The summed E-state index contributed by atoms with van der Waals surface area (Å²) >= 11 is 11.4. The van der Waals surface area contributed by atoms with E-state index < -0.39 is 0 Å². The molecular weight excluding hydrogens is 462 g/mol. The Balaban J connectivity index is 1.60. The van der Waals surface area contributed by atoms with Crippen molar-refractivity contribution in [1.29, 1.82) is 0 Å². The summed E-state index contributed by atoms with van der Waals surface area (Å²) in [5.74, 6) is 0.203. The SMILES string of the molecule is Cc1cc(SCC(=O)Nc2ccc(N3CCNC(=O)C3)c(Cl)c2)c(C)cc1Br. The van der Waals surface area contributed by atoms with Gasteiger partial charge in [-0.1, -0.05) is 27.5 Å². The Bertz CT molecular complexity index is 923. The van der Waals surface area contributed by atoms with Crippen molar-refractivity contribution >= 4 is 62.5 Å². The van der Waals surface area contributed by atoms with E-state index in [9.17, 15) is 9.59 Å². The van der Waals surface area contributed by atoms with E-state index in [1.165, 1.54) is 11.8 Å². The maximum absolute atomic E-state index is 12.3. The van der Waals surface area contributed by atoms with Gasteiger partial charge in [-0.2, -0.15) is 0 Å². The van der Waals surface area contributed by atoms with E-state index in [1.54, 1.807) is 6.07 Å². The number of thioether (sulfide) groups is 1. The maximum Gasteiger partial charge on any atom is 0.239 e. The van der Waals surface area contributed by atoms with Crippen LogP contribution in [-0.4, -0.2) is 37.2 Å². The molecule has 0 unspecified atom stereocenters. The lowest BCUT2D eigenvalue weighted by molar-refractivity contribution is -0.120. The molecule has 8 heteroatoms. The fourth-order valence-corrected chi connectivity index (χ4v) is 4.60. The van der Waals surface area contributed by atoms with Crippen molar-refractivity contribution in [2.24, 2.45) is 0 Å². The number of hydrogen-bond acceptors (Lipinski definition) is 4. The Hall–Kier alpha value is -1.70. The molecule has 0 atom stereocenters. The number of benzene rings is 2. The minimum atomic E-state index is -0.0915. The van der Waals surface area contributed by atoms with Crippen LogP contribution in [0.2, 0.25) is 5.02 Å². The standard InChI is InChI=1S/C20H21BrClN3O2S/c1-12-8-18(13(2)7-15(12)21)28-11-20(27)24-14-3-4-17(16(22)9-14)25-6-5-23-19(26)10-25/h3-4,7-9H,5-6,10-11H2,1-2H3,(H,23,26)(H,24,27). The quantitative estimate of drug-likeness (QED) is 0.621. The molecule has 1 fully saturated rings. The van der Waals surface area contributed by atoms with Crippen LogP contribution in [0, 0.1) is 13.8 Å². The van der Waals surface area contributed by atoms with Crippen molar-refractivity contribution in [1.82, 2.24) is 5.32 Å². The number of rotatable bonds is 5. The predicted octanol–water partition coefficient (Wildman–Crippen LogP) is 4.39. The smallest absolute Gasteiger partial charge is 0.239 e. The molecule has 1 aliphatic heterocycles. The zero-order valence-corrected chi connectivity index (χ0v) is 18.8. The third-order valence-corrected chi connectivity index (χ3v) is 6.74. The van der Waals surface area contributed by atoms with Gasteiger partial charge >= 0.3 is 0 Å².